The van der Waals surface area contributed by atoms with Crippen LogP contribution in [0.3, 0.4) is 0 Å². The van der Waals surface area contributed by atoms with E-state index < -0.39 is 23.1 Å². The molecule has 0 radical (unpaired) electrons. The van der Waals surface area contributed by atoms with Gasteiger partial charge in [0.25, 0.3) is 11.7 Å². The fourth-order valence-corrected chi connectivity index (χ4v) is 3.84. The standard InChI is InChI=1S/C22H22N4O3/c23-21(29)22(25-15-6-2-1-3-7-15)10-12-26(13-11-22)20(28)19(27)17-14-24-18-9-5-4-8-16(17)18/h1-9,14,24-25H,10-13H2,(H2,23,29). The van der Waals surface area contributed by atoms with Crippen LogP contribution >= 0.6 is 0 Å². The number of aromatic amines is 1. The van der Waals surface area contributed by atoms with Gasteiger partial charge in [-0.1, -0.05) is 36.4 Å². The van der Waals surface area contributed by atoms with Gasteiger partial charge in [-0.2, -0.15) is 0 Å². The Labute approximate surface area is 167 Å². The van der Waals surface area contributed by atoms with E-state index in [1.807, 2.05) is 54.6 Å². The Morgan fingerprint density at radius 2 is 1.62 bits per heavy atom. The van der Waals surface area contributed by atoms with Crippen molar-refractivity contribution in [1.29, 1.82) is 0 Å². The molecule has 3 aromatic rings. The molecule has 1 aliphatic rings. The summed E-state index contributed by atoms with van der Waals surface area (Å²) in [5.74, 6) is -1.58. The number of nitrogens with one attached hydrogen (secondary N) is 2. The molecule has 0 saturated carbocycles. The normalized spacial score (nSPS) is 15.8. The third-order valence-electron chi connectivity index (χ3n) is 5.56. The van der Waals surface area contributed by atoms with Gasteiger partial charge in [-0.3, -0.25) is 14.4 Å². The lowest BCUT2D eigenvalue weighted by atomic mass is 9.86. The smallest absolute Gasteiger partial charge is 0.295 e. The molecule has 7 heteroatoms. The first-order valence-corrected chi connectivity index (χ1v) is 9.53. The highest BCUT2D eigenvalue weighted by molar-refractivity contribution is 6.44. The lowest BCUT2D eigenvalue weighted by molar-refractivity contribution is -0.131. The number of hydrogen-bond acceptors (Lipinski definition) is 4. The topological polar surface area (TPSA) is 108 Å². The first-order valence-electron chi connectivity index (χ1n) is 9.53. The maximum absolute atomic E-state index is 12.8. The van der Waals surface area contributed by atoms with Crippen LogP contribution in [0.25, 0.3) is 10.9 Å². The number of carbonyl (C=O) groups is 3. The number of benzene rings is 2. The molecule has 7 nitrogen and oxygen atoms in total. The zero-order chi connectivity index (χ0) is 20.4. The highest BCUT2D eigenvalue weighted by Crippen LogP contribution is 2.28. The molecule has 1 aromatic heterocycles. The van der Waals surface area contributed by atoms with Crippen molar-refractivity contribution in [2.24, 2.45) is 5.73 Å². The second-order valence-electron chi connectivity index (χ2n) is 7.31. The first-order chi connectivity index (χ1) is 14.0. The largest absolute Gasteiger partial charge is 0.371 e. The second-order valence-corrected chi connectivity index (χ2v) is 7.31. The summed E-state index contributed by atoms with van der Waals surface area (Å²) in [6.07, 6.45) is 2.24. The summed E-state index contributed by atoms with van der Waals surface area (Å²) in [4.78, 5) is 42.3. The number of para-hydroxylation sites is 2. The number of likely N-dealkylation sites (tertiary alicyclic amines) is 1. The summed E-state index contributed by atoms with van der Waals surface area (Å²) in [7, 11) is 0. The molecule has 0 spiro atoms. The van der Waals surface area contributed by atoms with Gasteiger partial charge in [0, 0.05) is 35.9 Å². The Bertz CT molecular complexity index is 1070. The number of hydrogen-bond donors (Lipinski definition) is 3. The summed E-state index contributed by atoms with van der Waals surface area (Å²) in [6, 6.07) is 16.7. The summed E-state index contributed by atoms with van der Waals surface area (Å²) < 4.78 is 0. The maximum atomic E-state index is 12.8. The van der Waals surface area contributed by atoms with Gasteiger partial charge in [0.15, 0.2) is 0 Å². The highest BCUT2D eigenvalue weighted by Gasteiger charge is 2.42. The van der Waals surface area contributed by atoms with E-state index in [4.69, 9.17) is 5.73 Å². The van der Waals surface area contributed by atoms with Crippen LogP contribution in [0.4, 0.5) is 5.69 Å². The van der Waals surface area contributed by atoms with E-state index in [9.17, 15) is 14.4 Å². The summed E-state index contributed by atoms with van der Waals surface area (Å²) >= 11 is 0. The zero-order valence-corrected chi connectivity index (χ0v) is 15.9. The van der Waals surface area contributed by atoms with Crippen molar-refractivity contribution in [1.82, 2.24) is 9.88 Å². The lowest BCUT2D eigenvalue weighted by Gasteiger charge is -2.40. The zero-order valence-electron chi connectivity index (χ0n) is 15.9. The maximum Gasteiger partial charge on any atom is 0.295 e. The number of aromatic nitrogens is 1. The van der Waals surface area contributed by atoms with Gasteiger partial charge in [-0.25, -0.2) is 0 Å². The minimum atomic E-state index is -0.942. The number of carbonyl (C=O) groups excluding carboxylic acids is 3. The minimum absolute atomic E-state index is 0.274. The van der Waals surface area contributed by atoms with Gasteiger partial charge in [-0.05, 0) is 31.0 Å². The number of H-pyrrole nitrogens is 1. The molecule has 29 heavy (non-hydrogen) atoms. The molecule has 2 aromatic carbocycles. The van der Waals surface area contributed by atoms with Crippen LogP contribution < -0.4 is 11.1 Å². The second kappa shape index (κ2) is 7.43. The Morgan fingerprint density at radius 1 is 0.966 bits per heavy atom. The van der Waals surface area contributed by atoms with Crippen molar-refractivity contribution < 1.29 is 14.4 Å². The van der Waals surface area contributed by atoms with Gasteiger partial charge in [-0.15, -0.1) is 0 Å². The fourth-order valence-electron chi connectivity index (χ4n) is 3.84. The van der Waals surface area contributed by atoms with Gasteiger partial charge >= 0.3 is 0 Å². The Balaban J connectivity index is 1.48. The molecule has 4 N–H and O–H groups in total. The van der Waals surface area contributed by atoms with Gasteiger partial charge in [0.2, 0.25) is 5.91 Å². The molecule has 1 saturated heterocycles. The number of primary amides is 1. The fraction of sp³-hybridized carbons (Fsp3) is 0.227. The van der Waals surface area contributed by atoms with E-state index in [0.29, 0.717) is 18.4 Å². The quantitative estimate of drug-likeness (QED) is 0.459. The molecule has 2 heterocycles. The van der Waals surface area contributed by atoms with E-state index >= 15 is 0 Å². The molecular weight excluding hydrogens is 368 g/mol. The number of anilines is 1. The van der Waals surface area contributed by atoms with Crippen LogP contribution in [0, 0.1) is 0 Å². The van der Waals surface area contributed by atoms with E-state index in [-0.39, 0.29) is 13.1 Å². The summed E-state index contributed by atoms with van der Waals surface area (Å²) in [5, 5.41) is 3.95. The van der Waals surface area contributed by atoms with Crippen molar-refractivity contribution in [2.75, 3.05) is 18.4 Å². The molecule has 4 rings (SSSR count). The highest BCUT2D eigenvalue weighted by atomic mass is 16.2. The summed E-state index contributed by atoms with van der Waals surface area (Å²) in [6.45, 7) is 0.547. The van der Waals surface area contributed by atoms with Crippen molar-refractivity contribution in [2.45, 2.75) is 18.4 Å². The number of nitrogens with zero attached hydrogens (tertiary/aromatic N) is 1. The summed E-state index contributed by atoms with van der Waals surface area (Å²) in [5.41, 5.74) is 6.71. The molecular formula is C22H22N4O3. The van der Waals surface area contributed by atoms with Gasteiger partial charge in [0.1, 0.15) is 5.54 Å². The molecule has 0 bridgehead atoms. The van der Waals surface area contributed by atoms with E-state index in [1.54, 1.807) is 6.20 Å². The number of ketones is 1. The van der Waals surface area contributed by atoms with E-state index in [2.05, 4.69) is 10.3 Å². The average Bonchev–Trinajstić information content (AvgIpc) is 3.18. The molecule has 1 aliphatic heterocycles. The van der Waals surface area contributed by atoms with E-state index in [1.165, 1.54) is 4.90 Å². The third-order valence-corrected chi connectivity index (χ3v) is 5.56. The van der Waals surface area contributed by atoms with Crippen LogP contribution in [-0.4, -0.2) is 46.1 Å². The predicted molar refractivity (Wildman–Crippen MR) is 110 cm³/mol. The van der Waals surface area contributed by atoms with Crippen molar-refractivity contribution in [3.63, 3.8) is 0 Å². The van der Waals surface area contributed by atoms with Crippen molar-refractivity contribution in [3.8, 4) is 0 Å². The van der Waals surface area contributed by atoms with Gasteiger partial charge in [0.05, 0.1) is 5.56 Å². The number of rotatable bonds is 5. The molecule has 0 unspecified atom stereocenters. The molecule has 2 amide bonds. The van der Waals surface area contributed by atoms with Crippen LogP contribution in [-0.2, 0) is 9.59 Å². The monoisotopic (exact) mass is 390 g/mol. The first kappa shape index (κ1) is 18.7. The Morgan fingerprint density at radius 3 is 2.31 bits per heavy atom. The number of Topliss-reactive ketones (excluding diaryl/α,β-unsaturated/α-hetero) is 1. The third kappa shape index (κ3) is 3.47. The van der Waals surface area contributed by atoms with Crippen LogP contribution in [0.1, 0.15) is 23.2 Å². The number of nitrogens with two attached hydrogens (primary N) is 1. The molecule has 0 atom stereocenters. The molecule has 0 aliphatic carbocycles. The average molecular weight is 390 g/mol. The number of piperidine rings is 1. The van der Waals surface area contributed by atoms with Crippen molar-refractivity contribution in [3.05, 3.63) is 66.4 Å². The predicted octanol–water partition coefficient (Wildman–Crippen LogP) is 2.31. The van der Waals surface area contributed by atoms with Crippen LogP contribution in [0.15, 0.2) is 60.8 Å². The molecule has 148 valence electrons. The Hall–Kier alpha value is -3.61. The van der Waals surface area contributed by atoms with Crippen LogP contribution in [0.2, 0.25) is 0 Å². The number of amides is 2. The lowest BCUT2D eigenvalue weighted by Crippen LogP contribution is -2.58. The number of fused-ring (bicyclic) bond motifs is 1. The molecule has 1 fully saturated rings. The van der Waals surface area contributed by atoms with Gasteiger partial charge < -0.3 is 20.9 Å². The van der Waals surface area contributed by atoms with Crippen molar-refractivity contribution >= 4 is 34.2 Å². The Kier molecular flexibility index (Phi) is 4.80. The minimum Gasteiger partial charge on any atom is -0.371 e. The van der Waals surface area contributed by atoms with E-state index in [0.717, 1.165) is 16.6 Å². The van der Waals surface area contributed by atoms with Crippen LogP contribution in [0.5, 0.6) is 0 Å². The SMILES string of the molecule is NC(=O)C1(Nc2ccccc2)CCN(C(=O)C(=O)c2c[nH]c3ccccc23)CC1.